The fourth-order valence-corrected chi connectivity index (χ4v) is 6.62. The summed E-state index contributed by atoms with van der Waals surface area (Å²) in [5.41, 5.74) is 2.12. The van der Waals surface area contributed by atoms with Gasteiger partial charge in [0.15, 0.2) is 4.80 Å². The molecular formula is C35H30N2O7S. The lowest BCUT2D eigenvalue weighted by Crippen LogP contribution is -2.40. The largest absolute Gasteiger partial charge is 0.496 e. The van der Waals surface area contributed by atoms with Crippen LogP contribution in [0.2, 0.25) is 0 Å². The lowest BCUT2D eigenvalue weighted by molar-refractivity contribution is -0.139. The van der Waals surface area contributed by atoms with Crippen LogP contribution in [-0.4, -0.2) is 35.3 Å². The molecule has 45 heavy (non-hydrogen) atoms. The Morgan fingerprint density at radius 1 is 1.04 bits per heavy atom. The molecular weight excluding hydrogens is 592 g/mol. The molecule has 0 bridgehead atoms. The quantitative estimate of drug-likeness (QED) is 0.210. The number of carbonyl (C=O) groups excluding carboxylic acids is 1. The number of furan rings is 1. The zero-order valence-corrected chi connectivity index (χ0v) is 25.7. The first-order valence-corrected chi connectivity index (χ1v) is 15.4. The normalized spacial score (nSPS) is 14.7. The van der Waals surface area contributed by atoms with Crippen LogP contribution in [-0.2, 0) is 9.53 Å². The maximum atomic E-state index is 14.3. The molecule has 9 nitrogen and oxygen atoms in total. The van der Waals surface area contributed by atoms with Crippen LogP contribution in [0, 0.1) is 0 Å². The third-order valence-electron chi connectivity index (χ3n) is 7.63. The minimum Gasteiger partial charge on any atom is -0.496 e. The number of ether oxygens (including phenoxy) is 2. The van der Waals surface area contributed by atoms with Gasteiger partial charge < -0.3 is 19.0 Å². The zero-order chi connectivity index (χ0) is 31.7. The van der Waals surface area contributed by atoms with Crippen LogP contribution in [0.1, 0.15) is 54.4 Å². The topological polar surface area (TPSA) is 120 Å². The maximum absolute atomic E-state index is 14.3. The molecule has 5 aromatic rings. The summed E-state index contributed by atoms with van der Waals surface area (Å²) in [7, 11) is 1.57. The number of nitrogens with zero attached hydrogens (tertiary/aromatic N) is 2. The summed E-state index contributed by atoms with van der Waals surface area (Å²) in [5.74, 6) is -0.0277. The minimum absolute atomic E-state index is 0.172. The van der Waals surface area contributed by atoms with Gasteiger partial charge in [0.2, 0.25) is 0 Å². The van der Waals surface area contributed by atoms with Crippen molar-refractivity contribution >= 4 is 40.1 Å². The van der Waals surface area contributed by atoms with Crippen LogP contribution in [0.25, 0.3) is 28.2 Å². The summed E-state index contributed by atoms with van der Waals surface area (Å²) in [6, 6.07) is 20.6. The summed E-state index contributed by atoms with van der Waals surface area (Å²) in [6.45, 7) is 3.93. The summed E-state index contributed by atoms with van der Waals surface area (Å²) in [6.07, 6.45) is 2.91. The maximum Gasteiger partial charge on any atom is 0.338 e. The number of aromatic carboxylic acids is 1. The number of aromatic nitrogens is 1. The van der Waals surface area contributed by atoms with E-state index in [2.05, 4.69) is 0 Å². The second-order valence-electron chi connectivity index (χ2n) is 10.4. The van der Waals surface area contributed by atoms with E-state index in [1.54, 1.807) is 48.9 Å². The highest BCUT2D eigenvalue weighted by atomic mass is 32.1. The molecule has 0 amide bonds. The highest BCUT2D eigenvalue weighted by Crippen LogP contribution is 2.41. The third kappa shape index (κ3) is 5.49. The average Bonchev–Trinajstić information content (AvgIpc) is 3.64. The molecule has 2 aromatic heterocycles. The van der Waals surface area contributed by atoms with Crippen LogP contribution in [0.3, 0.4) is 0 Å². The Kier molecular flexibility index (Phi) is 8.23. The van der Waals surface area contributed by atoms with Gasteiger partial charge in [-0.2, -0.15) is 0 Å². The van der Waals surface area contributed by atoms with Gasteiger partial charge in [0.25, 0.3) is 5.56 Å². The van der Waals surface area contributed by atoms with E-state index in [1.807, 2.05) is 43.3 Å². The molecule has 0 saturated heterocycles. The monoisotopic (exact) mass is 622 g/mol. The number of carbonyl (C=O) groups is 2. The smallest absolute Gasteiger partial charge is 0.338 e. The number of thiazole rings is 1. The molecule has 1 atom stereocenters. The van der Waals surface area contributed by atoms with Gasteiger partial charge in [-0.3, -0.25) is 9.36 Å². The van der Waals surface area contributed by atoms with Gasteiger partial charge in [-0.15, -0.1) is 0 Å². The second kappa shape index (κ2) is 12.4. The van der Waals surface area contributed by atoms with Gasteiger partial charge in [0.1, 0.15) is 23.3 Å². The van der Waals surface area contributed by atoms with E-state index in [4.69, 9.17) is 18.9 Å². The van der Waals surface area contributed by atoms with Crippen molar-refractivity contribution in [1.82, 2.24) is 4.57 Å². The van der Waals surface area contributed by atoms with E-state index in [9.17, 15) is 19.5 Å². The van der Waals surface area contributed by atoms with Crippen molar-refractivity contribution in [2.24, 2.45) is 4.99 Å². The van der Waals surface area contributed by atoms with E-state index in [0.29, 0.717) is 55.4 Å². The standard InChI is InChI=1S/C35H30N2O7S/c1-4-8-25-30(34(41)43-5-2)31(29-24-10-7-6-9-20(24)15-17-27(29)42-3)37-32(38)28(45-35(37)36-25)19-23-16-18-26(44-23)21-11-13-22(14-12-21)33(39)40/h6-7,9-19,31H,4-5,8H2,1-3H3,(H,39,40). The first-order valence-electron chi connectivity index (χ1n) is 14.6. The van der Waals surface area contributed by atoms with Gasteiger partial charge >= 0.3 is 11.9 Å². The summed E-state index contributed by atoms with van der Waals surface area (Å²) >= 11 is 1.22. The first kappa shape index (κ1) is 29.8. The van der Waals surface area contributed by atoms with Gasteiger partial charge in [-0.25, -0.2) is 14.6 Å². The highest BCUT2D eigenvalue weighted by Gasteiger charge is 2.37. The molecule has 0 radical (unpaired) electrons. The van der Waals surface area contributed by atoms with E-state index >= 15 is 0 Å². The lowest BCUT2D eigenvalue weighted by Gasteiger charge is -2.28. The van der Waals surface area contributed by atoms with Gasteiger partial charge in [-0.1, -0.05) is 67.1 Å². The fraction of sp³-hybridized carbons (Fsp3) is 0.200. The van der Waals surface area contributed by atoms with Gasteiger partial charge in [-0.05, 0) is 54.4 Å². The number of hydrogen-bond acceptors (Lipinski definition) is 8. The molecule has 1 N–H and O–H groups in total. The Labute approximate surface area is 262 Å². The third-order valence-corrected chi connectivity index (χ3v) is 8.62. The number of benzene rings is 3. The molecule has 6 rings (SSSR count). The molecule has 3 aromatic carbocycles. The number of fused-ring (bicyclic) bond motifs is 2. The Morgan fingerprint density at radius 3 is 2.53 bits per heavy atom. The molecule has 1 unspecified atom stereocenters. The van der Waals surface area contributed by atoms with Gasteiger partial charge in [0.05, 0.1) is 35.1 Å². The minimum atomic E-state index is -1.01. The predicted molar refractivity (Wildman–Crippen MR) is 171 cm³/mol. The van der Waals surface area contributed by atoms with E-state index < -0.39 is 18.0 Å². The van der Waals surface area contributed by atoms with E-state index in [1.165, 1.54) is 23.5 Å². The van der Waals surface area contributed by atoms with Gasteiger partial charge in [0, 0.05) is 17.2 Å². The fourth-order valence-electron chi connectivity index (χ4n) is 5.62. The van der Waals surface area contributed by atoms with Crippen LogP contribution in [0.4, 0.5) is 0 Å². The molecule has 0 aliphatic carbocycles. The number of hydrogen-bond donors (Lipinski definition) is 1. The second-order valence-corrected chi connectivity index (χ2v) is 11.4. The van der Waals surface area contributed by atoms with Crippen molar-refractivity contribution in [2.45, 2.75) is 32.7 Å². The first-order chi connectivity index (χ1) is 21.8. The number of esters is 1. The highest BCUT2D eigenvalue weighted by molar-refractivity contribution is 7.07. The van der Waals surface area contributed by atoms with Crippen LogP contribution >= 0.6 is 11.3 Å². The van der Waals surface area contributed by atoms with Crippen LogP contribution in [0.5, 0.6) is 5.75 Å². The number of carboxylic acids is 1. The van der Waals surface area contributed by atoms with Crippen molar-refractivity contribution in [3.8, 4) is 17.1 Å². The van der Waals surface area contributed by atoms with Crippen molar-refractivity contribution in [1.29, 1.82) is 0 Å². The summed E-state index contributed by atoms with van der Waals surface area (Å²) < 4.78 is 19.4. The molecule has 3 heterocycles. The van der Waals surface area contributed by atoms with Crippen molar-refractivity contribution in [2.75, 3.05) is 13.7 Å². The summed E-state index contributed by atoms with van der Waals surface area (Å²) in [4.78, 5) is 44.5. The molecule has 0 spiro atoms. The molecule has 0 saturated carbocycles. The Balaban J connectivity index is 1.56. The molecule has 1 aliphatic rings. The van der Waals surface area contributed by atoms with Crippen LogP contribution in [0.15, 0.2) is 98.3 Å². The van der Waals surface area contributed by atoms with Crippen molar-refractivity contribution < 1.29 is 28.6 Å². The number of carboxylic acid groups (broad SMARTS) is 1. The predicted octanol–water partition coefficient (Wildman–Crippen LogP) is 5.70. The zero-order valence-electron chi connectivity index (χ0n) is 24.9. The lowest BCUT2D eigenvalue weighted by atomic mass is 9.90. The number of rotatable bonds is 9. The Bertz CT molecular complexity index is 2150. The molecule has 0 fully saturated rings. The molecule has 10 heteroatoms. The molecule has 1 aliphatic heterocycles. The average molecular weight is 623 g/mol. The van der Waals surface area contributed by atoms with Crippen LogP contribution < -0.4 is 19.6 Å². The van der Waals surface area contributed by atoms with E-state index in [0.717, 1.165) is 17.2 Å². The van der Waals surface area contributed by atoms with E-state index in [-0.39, 0.29) is 17.7 Å². The number of allylic oxidation sites excluding steroid dienone is 1. The Morgan fingerprint density at radius 2 is 1.82 bits per heavy atom. The molecule has 228 valence electrons. The number of methoxy groups -OCH3 is 1. The summed E-state index contributed by atoms with van der Waals surface area (Å²) in [5, 5.41) is 11.0. The SMILES string of the molecule is CCCC1=C(C(=O)OCC)C(c2c(OC)ccc3ccccc23)n2c(sc(=Cc3ccc(-c4ccc(C(=O)O)cc4)o3)c2=O)=N1. The van der Waals surface area contributed by atoms with Crippen molar-refractivity contribution in [3.63, 3.8) is 0 Å². The van der Waals surface area contributed by atoms with Crippen molar-refractivity contribution in [3.05, 3.63) is 121 Å². The Hall–Kier alpha value is -5.22.